The fourth-order valence-electron chi connectivity index (χ4n) is 3.08. The highest BCUT2D eigenvalue weighted by atomic mass is 28.3. The first-order valence-electron chi connectivity index (χ1n) is 7.99. The fourth-order valence-corrected chi connectivity index (χ4v) is 5.09. The second-order valence-corrected chi connectivity index (χ2v) is 8.77. The summed E-state index contributed by atoms with van der Waals surface area (Å²) in [5, 5.41) is 10.4. The Morgan fingerprint density at radius 3 is 2.20 bits per heavy atom. The summed E-state index contributed by atoms with van der Waals surface area (Å²) in [5.41, 5.74) is -0.213. The van der Waals surface area contributed by atoms with Crippen molar-refractivity contribution in [2.75, 3.05) is 18.0 Å². The van der Waals surface area contributed by atoms with Gasteiger partial charge in [0.2, 0.25) is 0 Å². The molecular formula is C18H18F3N3Si. The van der Waals surface area contributed by atoms with Gasteiger partial charge in [-0.3, -0.25) is 0 Å². The lowest BCUT2D eigenvalue weighted by Gasteiger charge is -2.48. The molecule has 1 saturated heterocycles. The minimum atomic E-state index is -4.32. The van der Waals surface area contributed by atoms with E-state index in [0.29, 0.717) is 13.1 Å². The number of nitriles is 1. The minimum Gasteiger partial charge on any atom is -0.366 e. The Morgan fingerprint density at radius 2 is 1.68 bits per heavy atom. The number of hydrogen-bond donors (Lipinski definition) is 1. The van der Waals surface area contributed by atoms with Gasteiger partial charge in [-0.25, -0.2) is 0 Å². The molecule has 1 N–H and O–H groups in total. The molecule has 3 nitrogen and oxygen atoms in total. The van der Waals surface area contributed by atoms with Crippen molar-refractivity contribution in [2.45, 2.75) is 18.3 Å². The maximum Gasteiger partial charge on any atom is 0.416 e. The monoisotopic (exact) mass is 361 g/mol. The molecule has 0 aliphatic carbocycles. The lowest BCUT2D eigenvalue weighted by molar-refractivity contribution is -0.137. The van der Waals surface area contributed by atoms with E-state index in [-0.39, 0.29) is 0 Å². The van der Waals surface area contributed by atoms with Crippen molar-refractivity contribution in [3.63, 3.8) is 0 Å². The van der Waals surface area contributed by atoms with Gasteiger partial charge in [-0.2, -0.15) is 18.4 Å². The molecule has 2 aromatic carbocycles. The first-order valence-corrected chi connectivity index (χ1v) is 10.3. The molecule has 130 valence electrons. The van der Waals surface area contributed by atoms with Crippen LogP contribution in [-0.4, -0.2) is 27.6 Å². The van der Waals surface area contributed by atoms with E-state index in [1.54, 1.807) is 0 Å². The maximum atomic E-state index is 12.7. The molecule has 0 unspecified atom stereocenters. The van der Waals surface area contributed by atoms with Crippen molar-refractivity contribution in [3.8, 4) is 6.07 Å². The van der Waals surface area contributed by atoms with Gasteiger partial charge in [0.25, 0.3) is 0 Å². The quantitative estimate of drug-likeness (QED) is 0.851. The van der Waals surface area contributed by atoms with Crippen LogP contribution in [0, 0.1) is 11.3 Å². The molecule has 25 heavy (non-hydrogen) atoms. The van der Waals surface area contributed by atoms with Crippen LogP contribution >= 0.6 is 0 Å². The highest BCUT2D eigenvalue weighted by Crippen LogP contribution is 2.29. The molecule has 3 rings (SSSR count). The zero-order chi connectivity index (χ0) is 18.1. The second-order valence-electron chi connectivity index (χ2n) is 6.37. The Balaban J connectivity index is 1.66. The van der Waals surface area contributed by atoms with E-state index in [9.17, 15) is 18.4 Å². The molecule has 0 aromatic heterocycles. The maximum absolute atomic E-state index is 12.7. The van der Waals surface area contributed by atoms with Crippen LogP contribution in [0.1, 0.15) is 5.56 Å². The zero-order valence-corrected chi connectivity index (χ0v) is 14.9. The number of nitrogens with zero attached hydrogens (tertiary/aromatic N) is 2. The third-order valence-corrected chi connectivity index (χ3v) is 6.86. The first-order chi connectivity index (χ1) is 11.8. The summed E-state index contributed by atoms with van der Waals surface area (Å²) in [7, 11) is -1.73. The Hall–Kier alpha value is -2.30. The number of nitrogens with one attached hydrogen (secondary N) is 1. The number of para-hydroxylation sites is 1. The van der Waals surface area contributed by atoms with E-state index in [0.717, 1.165) is 23.0 Å². The van der Waals surface area contributed by atoms with Crippen molar-refractivity contribution in [2.24, 2.45) is 0 Å². The van der Waals surface area contributed by atoms with Gasteiger partial charge in [0.1, 0.15) is 14.5 Å². The second kappa shape index (κ2) is 6.54. The summed E-state index contributed by atoms with van der Waals surface area (Å²) in [6, 6.07) is 17.5. The third-order valence-electron chi connectivity index (χ3n) is 4.49. The summed E-state index contributed by atoms with van der Waals surface area (Å²) in [5.74, 6) is 0. The van der Waals surface area contributed by atoms with Crippen molar-refractivity contribution in [1.82, 2.24) is 4.98 Å². The van der Waals surface area contributed by atoms with Crippen LogP contribution in [0.25, 0.3) is 0 Å². The summed E-state index contributed by atoms with van der Waals surface area (Å²) < 4.78 is 38.0. The highest BCUT2D eigenvalue weighted by Gasteiger charge is 2.44. The Morgan fingerprint density at radius 1 is 1.08 bits per heavy atom. The van der Waals surface area contributed by atoms with Gasteiger partial charge in [0.15, 0.2) is 0 Å². The molecule has 1 aliphatic heterocycles. The molecule has 0 amide bonds. The molecule has 0 saturated carbocycles. The Labute approximate surface area is 146 Å². The number of rotatable bonds is 4. The minimum absolute atomic E-state index is 0.575. The average Bonchev–Trinajstić information content (AvgIpc) is 2.57. The number of halogens is 3. The van der Waals surface area contributed by atoms with E-state index < -0.39 is 26.2 Å². The predicted octanol–water partition coefficient (Wildman–Crippen LogP) is 2.64. The van der Waals surface area contributed by atoms with Crippen molar-refractivity contribution >= 4 is 19.8 Å². The van der Waals surface area contributed by atoms with Crippen molar-refractivity contribution < 1.29 is 13.2 Å². The summed E-state index contributed by atoms with van der Waals surface area (Å²) in [6.07, 6.45) is -4.32. The van der Waals surface area contributed by atoms with Gasteiger partial charge in [-0.05, 0) is 17.3 Å². The van der Waals surface area contributed by atoms with Gasteiger partial charge in [-0.15, -0.1) is 0 Å². The fraction of sp³-hybridized carbons (Fsp3) is 0.278. The standard InChI is InChI=1S/C18H18F3N3Si/c1-25(16-9-7-14(8-10-16)18(19,20)21)23-17(11-22)12-24(13-17)15-5-3-2-4-6-15/h2-10,23,25H,12-13H2,1H3/t25-/m0/s1. The van der Waals surface area contributed by atoms with Gasteiger partial charge in [0, 0.05) is 5.69 Å². The van der Waals surface area contributed by atoms with E-state index in [1.165, 1.54) is 12.1 Å². The predicted molar refractivity (Wildman–Crippen MR) is 94.2 cm³/mol. The third kappa shape index (κ3) is 3.70. The number of alkyl halides is 3. The average molecular weight is 361 g/mol. The van der Waals surface area contributed by atoms with E-state index >= 15 is 0 Å². The molecule has 2 aromatic rings. The van der Waals surface area contributed by atoms with E-state index in [4.69, 9.17) is 0 Å². The zero-order valence-electron chi connectivity index (χ0n) is 13.7. The summed E-state index contributed by atoms with van der Waals surface area (Å²) in [6.45, 7) is 3.14. The SMILES string of the molecule is C[Si@H](NC1(C#N)CN(c2ccccc2)C1)c1ccc(C(F)(F)F)cc1. The number of benzene rings is 2. The van der Waals surface area contributed by atoms with Gasteiger partial charge < -0.3 is 9.88 Å². The van der Waals surface area contributed by atoms with Gasteiger partial charge >= 0.3 is 6.18 Å². The van der Waals surface area contributed by atoms with Crippen LogP contribution in [0.4, 0.5) is 18.9 Å². The van der Waals surface area contributed by atoms with Crippen LogP contribution in [-0.2, 0) is 6.18 Å². The highest BCUT2D eigenvalue weighted by molar-refractivity contribution is 6.69. The van der Waals surface area contributed by atoms with Gasteiger partial charge in [0.05, 0.1) is 24.7 Å². The van der Waals surface area contributed by atoms with Gasteiger partial charge in [-0.1, -0.05) is 49.0 Å². The smallest absolute Gasteiger partial charge is 0.366 e. The topological polar surface area (TPSA) is 39.1 Å². The summed E-state index contributed by atoms with van der Waals surface area (Å²) in [4.78, 5) is 5.52. The lowest BCUT2D eigenvalue weighted by Crippen LogP contribution is -2.72. The molecule has 0 spiro atoms. The van der Waals surface area contributed by atoms with E-state index in [2.05, 4.69) is 16.0 Å². The Kier molecular flexibility index (Phi) is 4.58. The van der Waals surface area contributed by atoms with Crippen LogP contribution in [0.2, 0.25) is 6.55 Å². The summed E-state index contributed by atoms with van der Waals surface area (Å²) >= 11 is 0. The van der Waals surface area contributed by atoms with Crippen molar-refractivity contribution in [1.29, 1.82) is 5.26 Å². The van der Waals surface area contributed by atoms with Crippen LogP contribution in [0.5, 0.6) is 0 Å². The first kappa shape index (κ1) is 17.5. The largest absolute Gasteiger partial charge is 0.416 e. The van der Waals surface area contributed by atoms with Crippen LogP contribution < -0.4 is 15.1 Å². The molecule has 1 atom stereocenters. The normalized spacial score (nSPS) is 17.5. The van der Waals surface area contributed by atoms with Crippen LogP contribution in [0.3, 0.4) is 0 Å². The number of anilines is 1. The molecule has 7 heteroatoms. The molecule has 0 radical (unpaired) electrons. The van der Waals surface area contributed by atoms with E-state index in [1.807, 2.05) is 36.9 Å². The molecule has 1 fully saturated rings. The number of hydrogen-bond acceptors (Lipinski definition) is 3. The molecule has 1 heterocycles. The van der Waals surface area contributed by atoms with Crippen molar-refractivity contribution in [3.05, 3.63) is 60.2 Å². The lowest BCUT2D eigenvalue weighted by atomic mass is 9.92. The Bertz CT molecular complexity index is 763. The molecule has 1 aliphatic rings. The molecular weight excluding hydrogens is 343 g/mol. The molecule has 0 bridgehead atoms. The van der Waals surface area contributed by atoms with Crippen LogP contribution in [0.15, 0.2) is 54.6 Å².